The minimum atomic E-state index is -0.435. The van der Waals surface area contributed by atoms with E-state index < -0.39 is 6.10 Å². The van der Waals surface area contributed by atoms with Gasteiger partial charge in [-0.15, -0.1) is 0 Å². The molecule has 2 aromatic rings. The van der Waals surface area contributed by atoms with E-state index in [0.29, 0.717) is 18.9 Å². The van der Waals surface area contributed by atoms with E-state index in [-0.39, 0.29) is 41.7 Å². The van der Waals surface area contributed by atoms with Gasteiger partial charge in [-0.2, -0.15) is 0 Å². The number of rotatable bonds is 7. The Kier molecular flexibility index (Phi) is 6.91. The van der Waals surface area contributed by atoms with Gasteiger partial charge >= 0.3 is 5.97 Å². The fraction of sp³-hybridized carbons (Fsp3) is 0.500. The molecule has 0 saturated carbocycles. The fourth-order valence-corrected chi connectivity index (χ4v) is 4.97. The zero-order valence-corrected chi connectivity index (χ0v) is 18.8. The summed E-state index contributed by atoms with van der Waals surface area (Å²) in [4.78, 5) is 15.0. The minimum Gasteiger partial charge on any atom is -0.465 e. The maximum atomic E-state index is 13.5. The molecular weight excluding hydrogens is 412 g/mol. The number of piperidine rings is 1. The van der Waals surface area contributed by atoms with Crippen molar-refractivity contribution in [3.63, 3.8) is 0 Å². The molecule has 0 spiro atoms. The number of carbonyl (C=O) groups excluding carboxylic acids is 1. The van der Waals surface area contributed by atoms with Crippen molar-refractivity contribution >= 4 is 5.97 Å². The van der Waals surface area contributed by atoms with E-state index in [1.54, 1.807) is 24.3 Å². The summed E-state index contributed by atoms with van der Waals surface area (Å²) in [5, 5.41) is 0. The second-order valence-corrected chi connectivity index (χ2v) is 9.47. The van der Waals surface area contributed by atoms with Crippen LogP contribution in [0.4, 0.5) is 8.78 Å². The van der Waals surface area contributed by atoms with Crippen molar-refractivity contribution in [2.75, 3.05) is 13.7 Å². The summed E-state index contributed by atoms with van der Waals surface area (Å²) in [6, 6.07) is 12.8. The van der Waals surface area contributed by atoms with Crippen molar-refractivity contribution in [2.24, 2.45) is 11.8 Å². The molecule has 2 heterocycles. The van der Waals surface area contributed by atoms with E-state index in [1.165, 1.54) is 24.3 Å². The van der Waals surface area contributed by atoms with Crippen LogP contribution in [-0.2, 0) is 14.3 Å². The Labute approximate surface area is 188 Å². The number of halogens is 2. The molecule has 4 nitrogen and oxygen atoms in total. The lowest BCUT2D eigenvalue weighted by molar-refractivity contribution is -0.151. The molecule has 2 bridgehead atoms. The Morgan fingerprint density at radius 3 is 2.06 bits per heavy atom. The van der Waals surface area contributed by atoms with Crippen molar-refractivity contribution in [1.29, 1.82) is 0 Å². The smallest absolute Gasteiger partial charge is 0.310 e. The first kappa shape index (κ1) is 22.9. The molecule has 0 N–H and O–H groups in total. The maximum Gasteiger partial charge on any atom is 0.310 e. The highest BCUT2D eigenvalue weighted by atomic mass is 19.1. The van der Waals surface area contributed by atoms with Gasteiger partial charge in [-0.3, -0.25) is 9.69 Å². The molecule has 4 rings (SSSR count). The highest BCUT2D eigenvalue weighted by Gasteiger charge is 2.49. The van der Waals surface area contributed by atoms with Gasteiger partial charge in [-0.1, -0.05) is 38.1 Å². The van der Waals surface area contributed by atoms with Crippen LogP contribution in [0.15, 0.2) is 48.5 Å². The lowest BCUT2D eigenvalue weighted by Gasteiger charge is -2.38. The van der Waals surface area contributed by atoms with Crippen LogP contribution in [0, 0.1) is 23.5 Å². The van der Waals surface area contributed by atoms with E-state index in [9.17, 15) is 13.6 Å². The number of carbonyl (C=O) groups is 1. The molecule has 4 atom stereocenters. The molecule has 2 unspecified atom stereocenters. The summed E-state index contributed by atoms with van der Waals surface area (Å²) in [7, 11) is 2.07. The molecular formula is C26H31F2NO3. The Morgan fingerprint density at radius 2 is 1.53 bits per heavy atom. The van der Waals surface area contributed by atoms with Crippen LogP contribution in [0.2, 0.25) is 0 Å². The van der Waals surface area contributed by atoms with E-state index in [1.807, 2.05) is 13.8 Å². The van der Waals surface area contributed by atoms with Crippen LogP contribution in [0.1, 0.15) is 50.3 Å². The zero-order valence-electron chi connectivity index (χ0n) is 18.8. The normalized spacial score (nSPS) is 25.5. The van der Waals surface area contributed by atoms with Crippen LogP contribution in [0.25, 0.3) is 0 Å². The highest BCUT2D eigenvalue weighted by Crippen LogP contribution is 2.42. The average molecular weight is 444 g/mol. The first-order valence-corrected chi connectivity index (χ1v) is 11.4. The predicted octanol–water partition coefficient (Wildman–Crippen LogP) is 5.12. The second kappa shape index (κ2) is 9.67. The van der Waals surface area contributed by atoms with Gasteiger partial charge in [0.2, 0.25) is 0 Å². The highest BCUT2D eigenvalue weighted by molar-refractivity contribution is 5.74. The van der Waals surface area contributed by atoms with E-state index >= 15 is 0 Å². The number of nitrogens with zero attached hydrogens (tertiary/aromatic N) is 1. The third-order valence-corrected chi connectivity index (χ3v) is 6.66. The lowest BCUT2D eigenvalue weighted by Crippen LogP contribution is -2.45. The Balaban J connectivity index is 1.51. The van der Waals surface area contributed by atoms with Gasteiger partial charge in [-0.05, 0) is 67.6 Å². The second-order valence-electron chi connectivity index (χ2n) is 9.47. The predicted molar refractivity (Wildman–Crippen MR) is 118 cm³/mol. The van der Waals surface area contributed by atoms with Crippen molar-refractivity contribution in [3.8, 4) is 0 Å². The molecule has 6 heteroatoms. The molecule has 2 aliphatic rings. The number of ether oxygens (including phenoxy) is 2. The molecule has 2 aliphatic heterocycles. The Hall–Kier alpha value is -2.31. The Morgan fingerprint density at radius 1 is 0.969 bits per heavy atom. The number of fused-ring (bicyclic) bond motifs is 2. The molecule has 2 fully saturated rings. The first-order valence-electron chi connectivity index (χ1n) is 11.4. The van der Waals surface area contributed by atoms with Crippen molar-refractivity contribution in [2.45, 2.75) is 57.4 Å². The van der Waals surface area contributed by atoms with Crippen molar-refractivity contribution in [3.05, 3.63) is 71.3 Å². The fourth-order valence-electron chi connectivity index (χ4n) is 4.97. The summed E-state index contributed by atoms with van der Waals surface area (Å²) < 4.78 is 39.1. The quantitative estimate of drug-likeness (QED) is 0.557. The standard InChI is InChI=1S/C26H31F2NO3/c1-16(2)15-31-26(30)23-13-21-12-22(14-24(23)29(21)3)32-25(17-4-8-19(27)9-5-17)18-6-10-20(28)11-7-18/h4-11,16,21-25H,12-15H2,1-3H3/t21?,22-,23-,24?/m0/s1. The van der Waals surface area contributed by atoms with Crippen LogP contribution in [0.5, 0.6) is 0 Å². The molecule has 0 aromatic heterocycles. The van der Waals surface area contributed by atoms with Crippen LogP contribution < -0.4 is 0 Å². The van der Waals surface area contributed by atoms with Crippen LogP contribution in [-0.4, -0.2) is 42.7 Å². The summed E-state index contributed by atoms with van der Waals surface area (Å²) >= 11 is 0. The van der Waals surface area contributed by atoms with Gasteiger partial charge in [0.25, 0.3) is 0 Å². The average Bonchev–Trinajstić information content (AvgIpc) is 2.95. The zero-order chi connectivity index (χ0) is 22.8. The Bertz CT molecular complexity index is 870. The molecule has 0 amide bonds. The van der Waals surface area contributed by atoms with E-state index in [2.05, 4.69) is 11.9 Å². The van der Waals surface area contributed by atoms with Gasteiger partial charge in [0.15, 0.2) is 0 Å². The van der Waals surface area contributed by atoms with Crippen LogP contribution in [0.3, 0.4) is 0 Å². The van der Waals surface area contributed by atoms with E-state index in [0.717, 1.165) is 24.0 Å². The summed E-state index contributed by atoms with van der Waals surface area (Å²) in [5.41, 5.74) is 1.63. The molecule has 2 aromatic carbocycles. The first-order chi connectivity index (χ1) is 15.3. The molecule has 172 valence electrons. The SMILES string of the molecule is CC(C)COC(=O)[C@H]1CC2C[C@H](OC(c3ccc(F)cc3)c3ccc(F)cc3)CC1N2C. The topological polar surface area (TPSA) is 38.8 Å². The van der Waals surface area contributed by atoms with Crippen molar-refractivity contribution < 1.29 is 23.0 Å². The van der Waals surface area contributed by atoms with Gasteiger partial charge in [0.05, 0.1) is 18.6 Å². The lowest BCUT2D eigenvalue weighted by atomic mass is 9.95. The van der Waals surface area contributed by atoms with Gasteiger partial charge < -0.3 is 9.47 Å². The number of hydrogen-bond donors (Lipinski definition) is 0. The number of hydrogen-bond acceptors (Lipinski definition) is 4. The molecule has 2 saturated heterocycles. The molecule has 32 heavy (non-hydrogen) atoms. The summed E-state index contributed by atoms with van der Waals surface area (Å²) in [6.45, 7) is 4.50. The minimum absolute atomic E-state index is 0.0656. The summed E-state index contributed by atoms with van der Waals surface area (Å²) in [5.74, 6) is -0.584. The van der Waals surface area contributed by atoms with Crippen molar-refractivity contribution in [1.82, 2.24) is 4.90 Å². The number of benzene rings is 2. The van der Waals surface area contributed by atoms with Gasteiger partial charge in [0.1, 0.15) is 17.7 Å². The monoisotopic (exact) mass is 443 g/mol. The van der Waals surface area contributed by atoms with Gasteiger partial charge in [0, 0.05) is 12.1 Å². The maximum absolute atomic E-state index is 13.5. The van der Waals surface area contributed by atoms with Gasteiger partial charge in [-0.25, -0.2) is 8.78 Å². The third-order valence-electron chi connectivity index (χ3n) is 6.66. The third kappa shape index (κ3) is 5.02. The number of esters is 1. The van der Waals surface area contributed by atoms with Crippen LogP contribution >= 0.6 is 0 Å². The molecule has 0 aliphatic carbocycles. The largest absolute Gasteiger partial charge is 0.465 e. The summed E-state index contributed by atoms with van der Waals surface area (Å²) in [6.07, 6.45) is 1.79. The molecule has 0 radical (unpaired) electrons. The van der Waals surface area contributed by atoms with E-state index in [4.69, 9.17) is 9.47 Å².